The second-order valence-electron chi connectivity index (χ2n) is 4.85. The van der Waals surface area contributed by atoms with Gasteiger partial charge in [-0.25, -0.2) is 0 Å². The van der Waals surface area contributed by atoms with E-state index in [1.165, 1.54) is 16.7 Å². The van der Waals surface area contributed by atoms with Crippen LogP contribution < -0.4 is 10.1 Å². The van der Waals surface area contributed by atoms with Gasteiger partial charge in [-0.2, -0.15) is 0 Å². The largest absolute Gasteiger partial charge is 0.496 e. The lowest BCUT2D eigenvalue weighted by Gasteiger charge is -2.21. The Morgan fingerprint density at radius 1 is 1.44 bits per heavy atom. The fourth-order valence-corrected chi connectivity index (χ4v) is 2.11. The monoisotopic (exact) mass is 247 g/mol. The first-order valence-electron chi connectivity index (χ1n) is 6.60. The maximum absolute atomic E-state index is 5.50. The molecule has 1 rings (SSSR count). The highest BCUT2D eigenvalue weighted by Gasteiger charge is 2.15. The molecule has 0 saturated heterocycles. The van der Waals surface area contributed by atoms with Crippen LogP contribution in [0.2, 0.25) is 0 Å². The molecule has 1 aromatic rings. The molecule has 0 aliphatic carbocycles. The van der Waals surface area contributed by atoms with Crippen LogP contribution in [0, 0.1) is 6.92 Å². The van der Waals surface area contributed by atoms with Crippen molar-refractivity contribution in [3.8, 4) is 5.75 Å². The van der Waals surface area contributed by atoms with Crippen LogP contribution in [0.1, 0.15) is 43.9 Å². The molecule has 0 bridgehead atoms. The van der Waals surface area contributed by atoms with Crippen molar-refractivity contribution in [1.82, 2.24) is 5.32 Å². The zero-order valence-corrected chi connectivity index (χ0v) is 12.0. The third-order valence-electron chi connectivity index (χ3n) is 3.07. The Morgan fingerprint density at radius 2 is 2.17 bits per heavy atom. The Kier molecular flexibility index (Phi) is 5.93. The molecule has 0 heterocycles. The number of hydrogen-bond donors (Lipinski definition) is 1. The lowest BCUT2D eigenvalue weighted by molar-refractivity contribution is 0.396. The predicted molar refractivity (Wildman–Crippen MR) is 78.2 cm³/mol. The van der Waals surface area contributed by atoms with E-state index < -0.39 is 0 Å². The molecule has 1 unspecified atom stereocenters. The molecule has 2 nitrogen and oxygen atoms in total. The summed E-state index contributed by atoms with van der Waals surface area (Å²) in [7, 11) is 1.74. The summed E-state index contributed by atoms with van der Waals surface area (Å²) < 4.78 is 5.50. The minimum atomic E-state index is 0.335. The first-order chi connectivity index (χ1) is 8.58. The van der Waals surface area contributed by atoms with E-state index in [9.17, 15) is 0 Å². The van der Waals surface area contributed by atoms with Gasteiger partial charge in [0.05, 0.1) is 7.11 Å². The summed E-state index contributed by atoms with van der Waals surface area (Å²) in [5, 5.41) is 3.53. The molecule has 0 spiro atoms. The van der Waals surface area contributed by atoms with Crippen LogP contribution in [0.4, 0.5) is 0 Å². The summed E-state index contributed by atoms with van der Waals surface area (Å²) in [6.45, 7) is 11.2. The summed E-state index contributed by atoms with van der Waals surface area (Å²) in [5.74, 6) is 0.975. The van der Waals surface area contributed by atoms with Crippen LogP contribution in [0.5, 0.6) is 5.75 Å². The molecule has 1 atom stereocenters. The van der Waals surface area contributed by atoms with E-state index in [2.05, 4.69) is 50.9 Å². The molecule has 0 radical (unpaired) electrons. The maximum atomic E-state index is 5.50. The van der Waals surface area contributed by atoms with Crippen LogP contribution in [0.15, 0.2) is 30.4 Å². The van der Waals surface area contributed by atoms with Gasteiger partial charge in [-0.15, -0.1) is 6.58 Å². The zero-order valence-electron chi connectivity index (χ0n) is 12.0. The van der Waals surface area contributed by atoms with Gasteiger partial charge in [0.1, 0.15) is 5.75 Å². The second-order valence-corrected chi connectivity index (χ2v) is 4.85. The molecule has 0 aliphatic rings. The van der Waals surface area contributed by atoms with Crippen molar-refractivity contribution in [2.45, 2.75) is 39.7 Å². The minimum Gasteiger partial charge on any atom is -0.496 e. The number of nitrogens with one attached hydrogen (secondary N) is 1. The zero-order chi connectivity index (χ0) is 13.5. The van der Waals surface area contributed by atoms with Crippen molar-refractivity contribution in [1.29, 1.82) is 0 Å². The van der Waals surface area contributed by atoms with Crippen LogP contribution in [-0.2, 0) is 0 Å². The van der Waals surface area contributed by atoms with Crippen molar-refractivity contribution in [3.05, 3.63) is 41.5 Å². The van der Waals surface area contributed by atoms with E-state index in [4.69, 9.17) is 4.74 Å². The molecule has 0 aliphatic heterocycles. The third kappa shape index (κ3) is 4.19. The van der Waals surface area contributed by atoms with Gasteiger partial charge in [0.2, 0.25) is 0 Å². The number of methoxy groups -OCH3 is 1. The molecule has 100 valence electrons. The Bertz CT molecular complexity index is 398. The molecule has 2 heteroatoms. The number of ether oxygens (including phenoxy) is 1. The van der Waals surface area contributed by atoms with Crippen LogP contribution in [0.3, 0.4) is 0 Å². The van der Waals surface area contributed by atoms with E-state index in [-0.39, 0.29) is 0 Å². The number of aryl methyl sites for hydroxylation is 1. The first kappa shape index (κ1) is 14.8. The lowest BCUT2D eigenvalue weighted by atomic mass is 9.98. The summed E-state index contributed by atoms with van der Waals surface area (Å²) in [4.78, 5) is 0. The smallest absolute Gasteiger partial charge is 0.123 e. The third-order valence-corrected chi connectivity index (χ3v) is 3.07. The van der Waals surface area contributed by atoms with E-state index >= 15 is 0 Å². The lowest BCUT2D eigenvalue weighted by Crippen LogP contribution is -2.21. The number of allylic oxidation sites excluding steroid dienone is 1. The standard InChI is InChI=1S/C16H25NO/c1-6-17-15(10-7-12(2)3)14-9-8-13(4)11-16(14)18-5/h8-9,11,15,17H,2,6-7,10H2,1,3-5H3. The molecule has 0 saturated carbocycles. The fraction of sp³-hybridized carbons (Fsp3) is 0.500. The summed E-state index contributed by atoms with van der Waals surface area (Å²) >= 11 is 0. The summed E-state index contributed by atoms with van der Waals surface area (Å²) in [6.07, 6.45) is 2.09. The average Bonchev–Trinajstić information content (AvgIpc) is 2.34. The number of rotatable bonds is 7. The van der Waals surface area contributed by atoms with E-state index in [0.29, 0.717) is 6.04 Å². The van der Waals surface area contributed by atoms with Crippen molar-refractivity contribution in [3.63, 3.8) is 0 Å². The molecule has 0 aromatic heterocycles. The Balaban J connectivity index is 2.93. The SMILES string of the molecule is C=C(C)CCC(NCC)c1ccc(C)cc1OC. The quantitative estimate of drug-likeness (QED) is 0.735. The van der Waals surface area contributed by atoms with Gasteiger partial charge in [0, 0.05) is 11.6 Å². The molecule has 1 N–H and O–H groups in total. The first-order valence-corrected chi connectivity index (χ1v) is 6.60. The highest BCUT2D eigenvalue weighted by molar-refractivity contribution is 5.39. The van der Waals surface area contributed by atoms with Gasteiger partial charge in [-0.3, -0.25) is 0 Å². The van der Waals surface area contributed by atoms with Crippen molar-refractivity contribution >= 4 is 0 Å². The van der Waals surface area contributed by atoms with Gasteiger partial charge in [-0.05, 0) is 44.9 Å². The highest BCUT2D eigenvalue weighted by Crippen LogP contribution is 2.29. The van der Waals surface area contributed by atoms with Crippen LogP contribution >= 0.6 is 0 Å². The van der Waals surface area contributed by atoms with Gasteiger partial charge in [0.25, 0.3) is 0 Å². The van der Waals surface area contributed by atoms with Crippen molar-refractivity contribution in [2.24, 2.45) is 0 Å². The van der Waals surface area contributed by atoms with Gasteiger partial charge in [0.15, 0.2) is 0 Å². The van der Waals surface area contributed by atoms with Crippen LogP contribution in [0.25, 0.3) is 0 Å². The van der Waals surface area contributed by atoms with E-state index in [0.717, 1.165) is 25.1 Å². The molecular formula is C16H25NO. The highest BCUT2D eigenvalue weighted by atomic mass is 16.5. The Labute approximate surface area is 111 Å². The molecular weight excluding hydrogens is 222 g/mol. The molecule has 1 aromatic carbocycles. The van der Waals surface area contributed by atoms with E-state index in [1.807, 2.05) is 0 Å². The summed E-state index contributed by atoms with van der Waals surface area (Å²) in [5.41, 5.74) is 3.70. The topological polar surface area (TPSA) is 21.3 Å². The van der Waals surface area contributed by atoms with Gasteiger partial charge >= 0.3 is 0 Å². The van der Waals surface area contributed by atoms with Gasteiger partial charge < -0.3 is 10.1 Å². The Hall–Kier alpha value is -1.28. The predicted octanol–water partition coefficient (Wildman–Crippen LogP) is 4.01. The number of benzene rings is 1. The minimum absolute atomic E-state index is 0.335. The molecule has 0 fully saturated rings. The second kappa shape index (κ2) is 7.22. The number of hydrogen-bond acceptors (Lipinski definition) is 2. The normalized spacial score (nSPS) is 12.2. The maximum Gasteiger partial charge on any atom is 0.123 e. The van der Waals surface area contributed by atoms with E-state index in [1.54, 1.807) is 7.11 Å². The Morgan fingerprint density at radius 3 is 2.72 bits per heavy atom. The molecule has 18 heavy (non-hydrogen) atoms. The van der Waals surface area contributed by atoms with Crippen LogP contribution in [-0.4, -0.2) is 13.7 Å². The van der Waals surface area contributed by atoms with Crippen molar-refractivity contribution < 1.29 is 4.74 Å². The molecule has 0 amide bonds. The summed E-state index contributed by atoms with van der Waals surface area (Å²) in [6, 6.07) is 6.74. The van der Waals surface area contributed by atoms with Gasteiger partial charge in [-0.1, -0.05) is 24.6 Å². The van der Waals surface area contributed by atoms with Crippen molar-refractivity contribution in [2.75, 3.05) is 13.7 Å². The average molecular weight is 247 g/mol. The fourth-order valence-electron chi connectivity index (χ4n) is 2.11.